The summed E-state index contributed by atoms with van der Waals surface area (Å²) >= 11 is 5.71. The van der Waals surface area contributed by atoms with Crippen molar-refractivity contribution in [2.24, 2.45) is 0 Å². The summed E-state index contributed by atoms with van der Waals surface area (Å²) in [6.07, 6.45) is 1.05. The maximum atomic E-state index is 11.2. The average Bonchev–Trinajstić information content (AvgIpc) is 3.11. The largest absolute Gasteiger partial charge is 0.489 e. The van der Waals surface area contributed by atoms with E-state index in [9.17, 15) is 4.79 Å². The third kappa shape index (κ3) is 7.80. The number of nitrogens with zero attached hydrogens (tertiary/aromatic N) is 2. The minimum Gasteiger partial charge on any atom is -0.489 e. The molecule has 1 aliphatic rings. The molecule has 0 spiro atoms. The van der Waals surface area contributed by atoms with Crippen molar-refractivity contribution in [3.63, 3.8) is 0 Å². The van der Waals surface area contributed by atoms with Crippen LogP contribution in [0.15, 0.2) is 78.9 Å². The van der Waals surface area contributed by atoms with Gasteiger partial charge >= 0.3 is 0 Å². The molecule has 1 amide bonds. The highest BCUT2D eigenvalue weighted by Crippen LogP contribution is 2.18. The molecular weight excluding hydrogens is 456 g/mol. The molecule has 182 valence electrons. The van der Waals surface area contributed by atoms with Gasteiger partial charge in [0.15, 0.2) is 5.11 Å². The molecule has 0 aliphatic carbocycles. The number of amides is 1. The van der Waals surface area contributed by atoms with E-state index in [0.717, 1.165) is 66.9 Å². The third-order valence-electron chi connectivity index (χ3n) is 5.91. The number of thiocarbonyl (C=S) groups is 1. The summed E-state index contributed by atoms with van der Waals surface area (Å²) in [5, 5.41) is 6.94. The molecule has 0 unspecified atom stereocenters. The molecule has 7 heteroatoms. The second kappa shape index (κ2) is 12.3. The van der Waals surface area contributed by atoms with Crippen LogP contribution in [0.4, 0.5) is 11.4 Å². The lowest BCUT2D eigenvalue weighted by atomic mass is 10.2. The quantitative estimate of drug-likeness (QED) is 0.450. The highest BCUT2D eigenvalue weighted by Gasteiger charge is 2.17. The molecule has 3 aromatic rings. The van der Waals surface area contributed by atoms with Gasteiger partial charge in [-0.1, -0.05) is 42.5 Å². The van der Waals surface area contributed by atoms with E-state index in [0.29, 0.717) is 6.61 Å². The number of hydrogen-bond acceptors (Lipinski definition) is 4. The Morgan fingerprint density at radius 2 is 1.51 bits per heavy atom. The lowest BCUT2D eigenvalue weighted by Gasteiger charge is -2.25. The number of rotatable bonds is 7. The molecule has 0 aromatic heterocycles. The number of nitrogens with one attached hydrogen (secondary N) is 2. The second-order valence-electron chi connectivity index (χ2n) is 8.72. The molecule has 1 fully saturated rings. The molecule has 1 saturated heterocycles. The summed E-state index contributed by atoms with van der Waals surface area (Å²) in [4.78, 5) is 15.9. The van der Waals surface area contributed by atoms with Gasteiger partial charge in [0.2, 0.25) is 5.91 Å². The molecule has 0 radical (unpaired) electrons. The Morgan fingerprint density at radius 1 is 0.829 bits per heavy atom. The van der Waals surface area contributed by atoms with E-state index in [1.165, 1.54) is 12.5 Å². The number of ether oxygens (including phenoxy) is 1. The predicted octanol–water partition coefficient (Wildman–Crippen LogP) is 5.13. The van der Waals surface area contributed by atoms with Crippen LogP contribution in [0.25, 0.3) is 0 Å². The van der Waals surface area contributed by atoms with E-state index < -0.39 is 0 Å². The van der Waals surface area contributed by atoms with Gasteiger partial charge in [0.1, 0.15) is 12.4 Å². The monoisotopic (exact) mass is 488 g/mol. The van der Waals surface area contributed by atoms with E-state index in [4.69, 9.17) is 17.0 Å². The van der Waals surface area contributed by atoms with Crippen molar-refractivity contribution in [2.45, 2.75) is 26.5 Å². The Kier molecular flexibility index (Phi) is 8.70. The summed E-state index contributed by atoms with van der Waals surface area (Å²) in [6.45, 7) is 6.75. The van der Waals surface area contributed by atoms with E-state index in [1.807, 2.05) is 54.6 Å². The fourth-order valence-corrected chi connectivity index (χ4v) is 4.37. The van der Waals surface area contributed by atoms with Crippen LogP contribution in [0, 0.1) is 0 Å². The van der Waals surface area contributed by atoms with Crippen LogP contribution in [0.3, 0.4) is 0 Å². The standard InChI is InChI=1S/C28H32N4O2S/c1-22(33)29-25-10-8-23(9-11-25)20-31-16-5-17-32(19-18-31)28(35)30-26-12-14-27(15-13-26)34-21-24-6-3-2-4-7-24/h2-4,6-15H,5,16-21H2,1H3,(H,29,33)(H,30,35). The Bertz CT molecular complexity index is 1100. The lowest BCUT2D eigenvalue weighted by Crippen LogP contribution is -2.37. The van der Waals surface area contributed by atoms with Crippen LogP contribution in [0.1, 0.15) is 24.5 Å². The molecule has 1 heterocycles. The number of carbonyl (C=O) groups excluding carboxylic acids is 1. The van der Waals surface area contributed by atoms with Crippen molar-refractivity contribution < 1.29 is 9.53 Å². The van der Waals surface area contributed by atoms with Crippen LogP contribution in [-0.2, 0) is 17.9 Å². The third-order valence-corrected chi connectivity index (χ3v) is 6.27. The van der Waals surface area contributed by atoms with Gasteiger partial charge in [-0.3, -0.25) is 9.69 Å². The number of carbonyl (C=O) groups is 1. The fraction of sp³-hybridized carbons (Fsp3) is 0.286. The summed E-state index contributed by atoms with van der Waals surface area (Å²) < 4.78 is 5.87. The number of benzene rings is 3. The van der Waals surface area contributed by atoms with Gasteiger partial charge < -0.3 is 20.3 Å². The molecule has 6 nitrogen and oxygen atoms in total. The van der Waals surface area contributed by atoms with Gasteiger partial charge in [0.25, 0.3) is 0 Å². The molecular formula is C28H32N4O2S. The van der Waals surface area contributed by atoms with Crippen LogP contribution in [-0.4, -0.2) is 47.0 Å². The van der Waals surface area contributed by atoms with Gasteiger partial charge in [0, 0.05) is 51.0 Å². The van der Waals surface area contributed by atoms with Crippen molar-refractivity contribution in [1.29, 1.82) is 0 Å². The molecule has 0 atom stereocenters. The van der Waals surface area contributed by atoms with Crippen LogP contribution < -0.4 is 15.4 Å². The minimum absolute atomic E-state index is 0.0535. The summed E-state index contributed by atoms with van der Waals surface area (Å²) in [6, 6.07) is 26.1. The molecule has 0 saturated carbocycles. The molecule has 35 heavy (non-hydrogen) atoms. The molecule has 1 aliphatic heterocycles. The van der Waals surface area contributed by atoms with Crippen LogP contribution in [0.5, 0.6) is 5.75 Å². The van der Waals surface area contributed by atoms with Crippen LogP contribution in [0.2, 0.25) is 0 Å². The van der Waals surface area contributed by atoms with Gasteiger partial charge in [-0.05, 0) is 66.2 Å². The molecule has 0 bridgehead atoms. The summed E-state index contributed by atoms with van der Waals surface area (Å²) in [5.41, 5.74) is 4.17. The zero-order valence-corrected chi connectivity index (χ0v) is 20.9. The smallest absolute Gasteiger partial charge is 0.221 e. The maximum Gasteiger partial charge on any atom is 0.221 e. The zero-order chi connectivity index (χ0) is 24.5. The van der Waals surface area contributed by atoms with Crippen LogP contribution >= 0.6 is 12.2 Å². The Labute approximate surface area is 212 Å². The number of anilines is 2. The Morgan fingerprint density at radius 3 is 2.23 bits per heavy atom. The zero-order valence-electron chi connectivity index (χ0n) is 20.1. The van der Waals surface area contributed by atoms with Crippen molar-refractivity contribution in [3.05, 3.63) is 90.0 Å². The Balaban J connectivity index is 1.23. The normalized spacial score (nSPS) is 14.1. The molecule has 3 aromatic carbocycles. The Hall–Kier alpha value is -3.42. The van der Waals surface area contributed by atoms with Gasteiger partial charge in [-0.2, -0.15) is 0 Å². The first kappa shape index (κ1) is 24.7. The van der Waals surface area contributed by atoms with Crippen molar-refractivity contribution in [1.82, 2.24) is 9.80 Å². The van der Waals surface area contributed by atoms with Gasteiger partial charge in [-0.15, -0.1) is 0 Å². The van der Waals surface area contributed by atoms with E-state index in [1.54, 1.807) is 0 Å². The lowest BCUT2D eigenvalue weighted by molar-refractivity contribution is -0.114. The second-order valence-corrected chi connectivity index (χ2v) is 9.11. The molecule has 2 N–H and O–H groups in total. The van der Waals surface area contributed by atoms with Crippen molar-refractivity contribution >= 4 is 34.6 Å². The van der Waals surface area contributed by atoms with E-state index in [2.05, 4.69) is 44.7 Å². The SMILES string of the molecule is CC(=O)Nc1ccc(CN2CCCN(C(=S)Nc3ccc(OCc4ccccc4)cc3)CC2)cc1. The van der Waals surface area contributed by atoms with Crippen molar-refractivity contribution in [3.8, 4) is 5.75 Å². The van der Waals surface area contributed by atoms with Crippen molar-refractivity contribution in [2.75, 3.05) is 36.8 Å². The first-order valence-electron chi connectivity index (χ1n) is 12.0. The van der Waals surface area contributed by atoms with Gasteiger partial charge in [0.05, 0.1) is 0 Å². The fourth-order valence-electron chi connectivity index (χ4n) is 4.07. The van der Waals surface area contributed by atoms with E-state index in [-0.39, 0.29) is 5.91 Å². The van der Waals surface area contributed by atoms with E-state index >= 15 is 0 Å². The predicted molar refractivity (Wildman–Crippen MR) is 146 cm³/mol. The molecule has 4 rings (SSSR count). The highest BCUT2D eigenvalue weighted by atomic mass is 32.1. The van der Waals surface area contributed by atoms with Gasteiger partial charge in [-0.25, -0.2) is 0 Å². The number of hydrogen-bond donors (Lipinski definition) is 2. The minimum atomic E-state index is -0.0535. The summed E-state index contributed by atoms with van der Waals surface area (Å²) in [7, 11) is 0. The topological polar surface area (TPSA) is 56.8 Å². The highest BCUT2D eigenvalue weighted by molar-refractivity contribution is 7.80. The first-order chi connectivity index (χ1) is 17.0. The summed E-state index contributed by atoms with van der Waals surface area (Å²) in [5.74, 6) is 0.781. The maximum absolute atomic E-state index is 11.2. The average molecular weight is 489 g/mol. The first-order valence-corrected chi connectivity index (χ1v) is 12.4.